The Balaban J connectivity index is 1.92. The van der Waals surface area contributed by atoms with Gasteiger partial charge >= 0.3 is 0 Å². The summed E-state index contributed by atoms with van der Waals surface area (Å²) in [5.41, 5.74) is -0.301. The Morgan fingerprint density at radius 2 is 1.77 bits per heavy atom. The number of benzene rings is 1. The predicted octanol–water partition coefficient (Wildman–Crippen LogP) is 3.47. The second-order valence-corrected chi connectivity index (χ2v) is 6.02. The molecule has 9 heteroatoms. The molecule has 0 atom stereocenters. The molecule has 1 aromatic carbocycles. The zero-order valence-electron chi connectivity index (χ0n) is 12.9. The first-order chi connectivity index (χ1) is 12.4. The normalized spacial score (nSPS) is 10.6. The van der Waals surface area contributed by atoms with E-state index in [0.717, 1.165) is 4.73 Å². The summed E-state index contributed by atoms with van der Waals surface area (Å²) < 4.78 is 14.9. The molecule has 3 rings (SSSR count). The number of carbonyl (C=O) groups is 2. The van der Waals surface area contributed by atoms with E-state index in [2.05, 4.69) is 9.98 Å². The number of ketones is 1. The van der Waals surface area contributed by atoms with Crippen molar-refractivity contribution in [2.75, 3.05) is 0 Å². The van der Waals surface area contributed by atoms with Crippen molar-refractivity contribution in [2.45, 2.75) is 0 Å². The molecule has 0 aliphatic carbocycles. The Kier molecular flexibility index (Phi) is 4.92. The molecular weight excluding hydrogens is 384 g/mol. The smallest absolute Gasteiger partial charge is 0.293 e. The van der Waals surface area contributed by atoms with Crippen LogP contribution in [-0.4, -0.2) is 26.6 Å². The molecule has 0 aliphatic rings. The van der Waals surface area contributed by atoms with Gasteiger partial charge in [0.15, 0.2) is 11.6 Å². The molecule has 0 saturated heterocycles. The zero-order chi connectivity index (χ0) is 18.8. The summed E-state index contributed by atoms with van der Waals surface area (Å²) in [4.78, 5) is 31.1. The number of aromatic nitrogens is 2. The second-order valence-electron chi connectivity index (χ2n) is 5.20. The second kappa shape index (κ2) is 7.15. The molecule has 2 N–H and O–H groups in total. The molecule has 132 valence electrons. The predicted molar refractivity (Wildman–Crippen MR) is 92.2 cm³/mol. The Bertz CT molecular complexity index is 1070. The molecule has 0 aliphatic heterocycles. The van der Waals surface area contributed by atoms with E-state index in [1.54, 1.807) is 0 Å². The minimum absolute atomic E-state index is 0.0348. The number of nitrogens with one attached hydrogen (secondary N) is 1. The van der Waals surface area contributed by atoms with Crippen molar-refractivity contribution in [1.29, 1.82) is 0 Å². The average molecular weight is 394 g/mol. The Morgan fingerprint density at radius 1 is 1.12 bits per heavy atom. The number of aromatic amines is 1. The lowest BCUT2D eigenvalue weighted by Crippen LogP contribution is -2.08. The molecule has 2 aromatic heterocycles. The first kappa shape index (κ1) is 17.9. The topological polar surface area (TPSA) is 87.4 Å². The van der Waals surface area contributed by atoms with Crippen LogP contribution < -0.4 is 5.36 Å². The van der Waals surface area contributed by atoms with E-state index in [1.807, 2.05) is 0 Å². The molecule has 2 heterocycles. The first-order valence-electron chi connectivity index (χ1n) is 7.20. The highest BCUT2D eigenvalue weighted by Gasteiger charge is 2.22. The molecule has 26 heavy (non-hydrogen) atoms. The molecule has 0 radical (unpaired) electrons. The van der Waals surface area contributed by atoms with E-state index in [4.69, 9.17) is 28.4 Å². The van der Waals surface area contributed by atoms with Crippen LogP contribution in [0.2, 0.25) is 10.0 Å². The van der Waals surface area contributed by atoms with Crippen molar-refractivity contribution < 1.29 is 19.2 Å². The van der Waals surface area contributed by atoms with Gasteiger partial charge in [-0.2, -0.15) is 0 Å². The summed E-state index contributed by atoms with van der Waals surface area (Å²) in [5, 5.41) is 9.13. The van der Waals surface area contributed by atoms with E-state index in [-0.39, 0.29) is 26.9 Å². The van der Waals surface area contributed by atoms with Crippen LogP contribution in [0.3, 0.4) is 0 Å². The molecule has 0 bridgehead atoms. The first-order valence-corrected chi connectivity index (χ1v) is 7.95. The van der Waals surface area contributed by atoms with E-state index >= 15 is 0 Å². The minimum Gasteiger partial charge on any atom is -0.429 e. The quantitative estimate of drug-likeness (QED) is 0.405. The van der Waals surface area contributed by atoms with Crippen LogP contribution >= 0.6 is 23.2 Å². The summed E-state index contributed by atoms with van der Waals surface area (Å²) in [6.07, 6.45) is 3.87. The maximum Gasteiger partial charge on any atom is 0.293 e. The van der Waals surface area contributed by atoms with Gasteiger partial charge in [-0.05, 0) is 30.3 Å². The molecule has 0 fully saturated rings. The van der Waals surface area contributed by atoms with Gasteiger partial charge in [-0.3, -0.25) is 9.59 Å². The molecule has 0 unspecified atom stereocenters. The maximum absolute atomic E-state index is 14.1. The van der Waals surface area contributed by atoms with Crippen molar-refractivity contribution in [1.82, 2.24) is 9.71 Å². The van der Waals surface area contributed by atoms with Crippen LogP contribution in [0.25, 0.3) is 0 Å². The number of hydrogen-bond acceptors (Lipinski definition) is 3. The number of halogens is 3. The van der Waals surface area contributed by atoms with Gasteiger partial charge in [0.25, 0.3) is 5.91 Å². The third-order valence-electron chi connectivity index (χ3n) is 3.47. The third-order valence-corrected chi connectivity index (χ3v) is 4.08. The van der Waals surface area contributed by atoms with Gasteiger partial charge in [0.2, 0.25) is 0 Å². The molecule has 6 nitrogen and oxygen atoms in total. The minimum atomic E-state index is -0.926. The zero-order valence-corrected chi connectivity index (χ0v) is 14.4. The van der Waals surface area contributed by atoms with Crippen LogP contribution in [0.4, 0.5) is 4.39 Å². The highest BCUT2D eigenvalue weighted by molar-refractivity contribution is 6.37. The third kappa shape index (κ3) is 3.54. The Labute approximate surface area is 156 Å². The van der Waals surface area contributed by atoms with Crippen molar-refractivity contribution in [3.63, 3.8) is 0 Å². The van der Waals surface area contributed by atoms with Crippen LogP contribution in [0.15, 0.2) is 53.9 Å². The molecule has 3 aromatic rings. The van der Waals surface area contributed by atoms with Crippen LogP contribution in [0.1, 0.15) is 26.4 Å². The number of rotatable bonds is 3. The summed E-state index contributed by atoms with van der Waals surface area (Å²) in [5.74, 6) is -2.28. The van der Waals surface area contributed by atoms with Gasteiger partial charge in [-0.15, -0.1) is 0 Å². The van der Waals surface area contributed by atoms with Gasteiger partial charge in [0.1, 0.15) is 5.69 Å². The Morgan fingerprint density at radius 3 is 2.46 bits per heavy atom. The van der Waals surface area contributed by atoms with Crippen molar-refractivity contribution in [2.24, 2.45) is 4.99 Å². The number of H-pyrrole nitrogens is 1. The van der Waals surface area contributed by atoms with Crippen molar-refractivity contribution >= 4 is 34.9 Å². The van der Waals surface area contributed by atoms with Crippen LogP contribution in [-0.2, 0) is 0 Å². The van der Waals surface area contributed by atoms with E-state index < -0.39 is 17.5 Å². The fourth-order valence-electron chi connectivity index (χ4n) is 2.19. The molecule has 0 spiro atoms. The van der Waals surface area contributed by atoms with Crippen molar-refractivity contribution in [3.05, 3.63) is 87.0 Å². The Hall–Kier alpha value is -2.90. The number of pyridine rings is 1. The largest absolute Gasteiger partial charge is 0.429 e. The number of hydrogen-bond donors (Lipinski definition) is 2. The number of carbonyl (C=O) groups excluding carboxylic acids is 2. The van der Waals surface area contributed by atoms with Gasteiger partial charge in [-0.25, -0.2) is 14.1 Å². The fourth-order valence-corrected chi connectivity index (χ4v) is 2.58. The highest BCUT2D eigenvalue weighted by Crippen LogP contribution is 2.27. The molecular formula is C17H10Cl2FN3O3. The summed E-state index contributed by atoms with van der Waals surface area (Å²) in [6.45, 7) is 0. The van der Waals surface area contributed by atoms with Crippen LogP contribution in [0, 0.1) is 5.82 Å². The monoisotopic (exact) mass is 393 g/mol. The summed E-state index contributed by atoms with van der Waals surface area (Å²) in [7, 11) is 0. The average Bonchev–Trinajstić information content (AvgIpc) is 3.11. The lowest BCUT2D eigenvalue weighted by atomic mass is 10.1. The maximum atomic E-state index is 14.1. The highest BCUT2D eigenvalue weighted by atomic mass is 35.5. The summed E-state index contributed by atoms with van der Waals surface area (Å²) in [6, 6.07) is 6.66. The van der Waals surface area contributed by atoms with Gasteiger partial charge in [0, 0.05) is 24.2 Å². The van der Waals surface area contributed by atoms with E-state index in [1.165, 1.54) is 48.9 Å². The lowest BCUT2D eigenvalue weighted by molar-refractivity contribution is 0.0993. The van der Waals surface area contributed by atoms with Gasteiger partial charge < -0.3 is 10.2 Å². The fraction of sp³-hybridized carbons (Fsp3) is 0. The lowest BCUT2D eigenvalue weighted by Gasteiger charge is -2.04. The molecule has 0 saturated carbocycles. The van der Waals surface area contributed by atoms with Crippen LogP contribution in [0.5, 0.6) is 0 Å². The van der Waals surface area contributed by atoms with Crippen molar-refractivity contribution in [3.8, 4) is 0 Å². The van der Waals surface area contributed by atoms with Gasteiger partial charge in [0.05, 0.1) is 21.0 Å². The van der Waals surface area contributed by atoms with Gasteiger partial charge in [-0.1, -0.05) is 23.2 Å². The van der Waals surface area contributed by atoms with E-state index in [9.17, 15) is 14.0 Å². The van der Waals surface area contributed by atoms with E-state index in [0.29, 0.717) is 5.36 Å². The standard InChI is InChI=1S/C17H10Cl2FN3O3/c18-11-1-2-12(19)15(20)14(11)16(24)9-7-13(21-8-9)17(25)22-10-3-5-23(26)6-4-10/h1-8,21,26H. The summed E-state index contributed by atoms with van der Waals surface area (Å²) >= 11 is 11.6. The molecule has 1 amide bonds. The SMILES string of the molecule is O=C(N=c1ccn(O)cc1)c1cc(C(=O)c2c(Cl)ccc(Cl)c2F)c[nH]1. The number of nitrogens with zero attached hydrogens (tertiary/aromatic N) is 2. The number of amides is 1.